The van der Waals surface area contributed by atoms with Crippen LogP contribution < -0.4 is 5.32 Å². The van der Waals surface area contributed by atoms with Crippen LogP contribution in [0.4, 0.5) is 5.82 Å². The van der Waals surface area contributed by atoms with E-state index in [9.17, 15) is 14.4 Å². The number of nitrogens with zero attached hydrogens (tertiary/aromatic N) is 2. The maximum atomic E-state index is 12.7. The van der Waals surface area contributed by atoms with E-state index in [-0.39, 0.29) is 23.8 Å². The Bertz CT molecular complexity index is 857. The highest BCUT2D eigenvalue weighted by Gasteiger charge is 2.41. The SMILES string of the molecule is O=C(Nc1ccccn1)c1ccc2c(c1)C(=O)N(C1CCCC1)C2=O. The normalized spacial score (nSPS) is 17.0. The van der Waals surface area contributed by atoms with Crippen LogP contribution in [0, 0.1) is 0 Å². The Labute approximate surface area is 144 Å². The summed E-state index contributed by atoms with van der Waals surface area (Å²) >= 11 is 0. The summed E-state index contributed by atoms with van der Waals surface area (Å²) in [6.07, 6.45) is 5.38. The average Bonchev–Trinajstić information content (AvgIpc) is 3.23. The largest absolute Gasteiger partial charge is 0.307 e. The number of benzene rings is 1. The number of amides is 3. The molecule has 1 fully saturated rings. The van der Waals surface area contributed by atoms with E-state index in [1.807, 2.05) is 0 Å². The molecule has 0 unspecified atom stereocenters. The zero-order chi connectivity index (χ0) is 17.4. The van der Waals surface area contributed by atoms with Gasteiger partial charge in [0.15, 0.2) is 0 Å². The Morgan fingerprint density at radius 2 is 1.80 bits per heavy atom. The highest BCUT2D eigenvalue weighted by molar-refractivity contribution is 6.22. The molecule has 2 aromatic rings. The quantitative estimate of drug-likeness (QED) is 0.875. The third-order valence-corrected chi connectivity index (χ3v) is 4.78. The van der Waals surface area contributed by atoms with Gasteiger partial charge in [0.05, 0.1) is 11.1 Å². The van der Waals surface area contributed by atoms with E-state index in [4.69, 9.17) is 0 Å². The molecule has 1 aromatic heterocycles. The first-order valence-corrected chi connectivity index (χ1v) is 8.39. The molecule has 2 aliphatic rings. The van der Waals surface area contributed by atoms with E-state index >= 15 is 0 Å². The van der Waals surface area contributed by atoms with Gasteiger partial charge in [-0.1, -0.05) is 18.9 Å². The lowest BCUT2D eigenvalue weighted by Gasteiger charge is -2.21. The molecule has 1 aromatic carbocycles. The molecule has 0 atom stereocenters. The summed E-state index contributed by atoms with van der Waals surface area (Å²) in [4.78, 5) is 43.0. The summed E-state index contributed by atoms with van der Waals surface area (Å²) in [6.45, 7) is 0. The van der Waals surface area contributed by atoms with E-state index in [2.05, 4.69) is 10.3 Å². The fraction of sp³-hybridized carbons (Fsp3) is 0.263. The van der Waals surface area contributed by atoms with E-state index in [0.29, 0.717) is 22.5 Å². The van der Waals surface area contributed by atoms with Crippen molar-refractivity contribution in [1.29, 1.82) is 0 Å². The fourth-order valence-electron chi connectivity index (χ4n) is 3.52. The van der Waals surface area contributed by atoms with Crippen molar-refractivity contribution in [3.8, 4) is 0 Å². The fourth-order valence-corrected chi connectivity index (χ4v) is 3.52. The molecule has 0 saturated heterocycles. The molecule has 0 spiro atoms. The molecule has 0 bridgehead atoms. The summed E-state index contributed by atoms with van der Waals surface area (Å²) < 4.78 is 0. The second-order valence-electron chi connectivity index (χ2n) is 6.35. The number of hydrogen-bond acceptors (Lipinski definition) is 4. The van der Waals surface area contributed by atoms with Gasteiger partial charge >= 0.3 is 0 Å². The molecule has 2 heterocycles. The molecule has 1 aliphatic heterocycles. The Morgan fingerprint density at radius 1 is 1.04 bits per heavy atom. The van der Waals surface area contributed by atoms with Crippen LogP contribution in [0.15, 0.2) is 42.6 Å². The van der Waals surface area contributed by atoms with Crippen LogP contribution in [0.25, 0.3) is 0 Å². The van der Waals surface area contributed by atoms with Crippen molar-refractivity contribution in [2.45, 2.75) is 31.7 Å². The minimum Gasteiger partial charge on any atom is -0.307 e. The number of hydrogen-bond donors (Lipinski definition) is 1. The van der Waals surface area contributed by atoms with E-state index in [0.717, 1.165) is 25.7 Å². The third kappa shape index (κ3) is 2.69. The molecule has 1 saturated carbocycles. The average molecular weight is 335 g/mol. The van der Waals surface area contributed by atoms with Crippen molar-refractivity contribution in [2.24, 2.45) is 0 Å². The van der Waals surface area contributed by atoms with Crippen LogP contribution >= 0.6 is 0 Å². The molecular formula is C19H17N3O3. The first kappa shape index (κ1) is 15.5. The van der Waals surface area contributed by atoms with Crippen molar-refractivity contribution >= 4 is 23.5 Å². The summed E-state index contributed by atoms with van der Waals surface area (Å²) in [5.41, 5.74) is 1.02. The molecule has 1 N–H and O–H groups in total. The summed E-state index contributed by atoms with van der Waals surface area (Å²) in [7, 11) is 0. The van der Waals surface area contributed by atoms with Gasteiger partial charge in [-0.2, -0.15) is 0 Å². The van der Waals surface area contributed by atoms with Gasteiger partial charge in [-0.15, -0.1) is 0 Å². The maximum absolute atomic E-state index is 12.7. The molecule has 6 nitrogen and oxygen atoms in total. The Balaban J connectivity index is 1.60. The second-order valence-corrected chi connectivity index (χ2v) is 6.35. The Hall–Kier alpha value is -3.02. The van der Waals surface area contributed by atoms with Gasteiger partial charge in [-0.3, -0.25) is 19.3 Å². The highest BCUT2D eigenvalue weighted by atomic mass is 16.2. The number of aromatic nitrogens is 1. The van der Waals surface area contributed by atoms with Gasteiger partial charge in [0, 0.05) is 17.8 Å². The zero-order valence-corrected chi connectivity index (χ0v) is 13.6. The lowest BCUT2D eigenvalue weighted by Crippen LogP contribution is -2.38. The third-order valence-electron chi connectivity index (χ3n) is 4.78. The number of fused-ring (bicyclic) bond motifs is 1. The summed E-state index contributed by atoms with van der Waals surface area (Å²) in [6, 6.07) is 9.83. The molecular weight excluding hydrogens is 318 g/mol. The smallest absolute Gasteiger partial charge is 0.261 e. The van der Waals surface area contributed by atoms with Crippen molar-refractivity contribution in [3.05, 3.63) is 59.3 Å². The standard InChI is InChI=1S/C19H17N3O3/c23-17(21-16-7-3-4-10-20-16)12-8-9-14-15(11-12)19(25)22(18(14)24)13-5-1-2-6-13/h3-4,7-11,13H,1-2,5-6H2,(H,20,21,23). The Morgan fingerprint density at radius 3 is 2.52 bits per heavy atom. The number of carbonyl (C=O) groups excluding carboxylic acids is 3. The number of imide groups is 1. The highest BCUT2D eigenvalue weighted by Crippen LogP contribution is 2.32. The van der Waals surface area contributed by atoms with Crippen LogP contribution in [0.3, 0.4) is 0 Å². The number of carbonyl (C=O) groups is 3. The van der Waals surface area contributed by atoms with Gasteiger partial charge in [-0.05, 0) is 43.2 Å². The van der Waals surface area contributed by atoms with Crippen molar-refractivity contribution in [2.75, 3.05) is 5.32 Å². The Kier molecular flexibility index (Phi) is 3.80. The number of anilines is 1. The predicted octanol–water partition coefficient (Wildman–Crippen LogP) is 2.87. The molecule has 4 rings (SSSR count). The molecule has 126 valence electrons. The van der Waals surface area contributed by atoms with Gasteiger partial charge in [0.2, 0.25) is 0 Å². The lowest BCUT2D eigenvalue weighted by molar-refractivity contribution is 0.0587. The van der Waals surface area contributed by atoms with Gasteiger partial charge in [0.25, 0.3) is 17.7 Å². The maximum Gasteiger partial charge on any atom is 0.261 e. The predicted molar refractivity (Wildman–Crippen MR) is 91.4 cm³/mol. The first-order chi connectivity index (χ1) is 12.1. The number of nitrogens with one attached hydrogen (secondary N) is 1. The molecule has 1 aliphatic carbocycles. The second kappa shape index (κ2) is 6.12. The van der Waals surface area contributed by atoms with E-state index in [1.54, 1.807) is 36.5 Å². The van der Waals surface area contributed by atoms with Crippen molar-refractivity contribution in [3.63, 3.8) is 0 Å². The first-order valence-electron chi connectivity index (χ1n) is 8.39. The van der Waals surface area contributed by atoms with Gasteiger partial charge in [0.1, 0.15) is 5.82 Å². The van der Waals surface area contributed by atoms with Crippen LogP contribution in [0.2, 0.25) is 0 Å². The topological polar surface area (TPSA) is 79.4 Å². The minimum atomic E-state index is -0.360. The van der Waals surface area contributed by atoms with Gasteiger partial charge < -0.3 is 5.32 Å². The molecule has 3 amide bonds. The monoisotopic (exact) mass is 335 g/mol. The zero-order valence-electron chi connectivity index (χ0n) is 13.6. The van der Waals surface area contributed by atoms with Gasteiger partial charge in [-0.25, -0.2) is 4.98 Å². The van der Waals surface area contributed by atoms with Crippen LogP contribution in [0.5, 0.6) is 0 Å². The molecule has 0 radical (unpaired) electrons. The summed E-state index contributed by atoms with van der Waals surface area (Å²) in [5.74, 6) is -0.466. The van der Waals surface area contributed by atoms with Crippen molar-refractivity contribution in [1.82, 2.24) is 9.88 Å². The molecule has 25 heavy (non-hydrogen) atoms. The minimum absolute atomic E-state index is 0.0156. The van der Waals surface area contributed by atoms with E-state index < -0.39 is 0 Å². The number of rotatable bonds is 3. The van der Waals surface area contributed by atoms with Crippen LogP contribution in [-0.2, 0) is 0 Å². The number of pyridine rings is 1. The molecule has 6 heteroatoms. The van der Waals surface area contributed by atoms with Crippen LogP contribution in [-0.4, -0.2) is 33.6 Å². The van der Waals surface area contributed by atoms with E-state index in [1.165, 1.54) is 11.0 Å². The van der Waals surface area contributed by atoms with Crippen molar-refractivity contribution < 1.29 is 14.4 Å². The van der Waals surface area contributed by atoms with Crippen LogP contribution in [0.1, 0.15) is 56.8 Å². The summed E-state index contributed by atoms with van der Waals surface area (Å²) in [5, 5.41) is 2.68. The lowest BCUT2D eigenvalue weighted by atomic mass is 10.1.